The first kappa shape index (κ1) is 20.6. The highest BCUT2D eigenvalue weighted by molar-refractivity contribution is 5.94. The van der Waals surface area contributed by atoms with Gasteiger partial charge in [0.15, 0.2) is 11.5 Å². The first-order valence-corrected chi connectivity index (χ1v) is 10.4. The maximum atomic E-state index is 12.2. The average molecular weight is 415 g/mol. The van der Waals surface area contributed by atoms with E-state index in [1.54, 1.807) is 18.3 Å². The van der Waals surface area contributed by atoms with Gasteiger partial charge in [-0.1, -0.05) is 29.8 Å². The summed E-state index contributed by atoms with van der Waals surface area (Å²) in [5.74, 6) is 0.569. The van der Waals surface area contributed by atoms with E-state index in [1.165, 1.54) is 5.56 Å². The van der Waals surface area contributed by atoms with Crippen LogP contribution in [0.25, 0.3) is 16.9 Å². The Labute approximate surface area is 181 Å². The fourth-order valence-corrected chi connectivity index (χ4v) is 3.36. The highest BCUT2D eigenvalue weighted by Gasteiger charge is 2.11. The van der Waals surface area contributed by atoms with Crippen LogP contribution in [0.4, 0.5) is 11.5 Å². The second-order valence-electron chi connectivity index (χ2n) is 7.43. The molecule has 0 saturated carbocycles. The Morgan fingerprint density at radius 2 is 1.81 bits per heavy atom. The number of carbonyl (C=O) groups excluding carboxylic acids is 1. The molecule has 0 aliphatic heterocycles. The zero-order chi connectivity index (χ0) is 21.6. The summed E-state index contributed by atoms with van der Waals surface area (Å²) in [6.45, 7) is 3.34. The number of nitrogens with zero attached hydrogens (tertiary/aromatic N) is 3. The van der Waals surface area contributed by atoms with Gasteiger partial charge in [0.1, 0.15) is 0 Å². The summed E-state index contributed by atoms with van der Waals surface area (Å²) in [6, 6.07) is 15.7. The van der Waals surface area contributed by atoms with E-state index in [0.29, 0.717) is 24.5 Å². The third kappa shape index (κ3) is 4.73. The number of hydrogen-bond donors (Lipinski definition) is 3. The monoisotopic (exact) mass is 414 g/mol. The number of fused-ring (bicyclic) bond motifs is 1. The lowest BCUT2D eigenvalue weighted by Crippen LogP contribution is -2.24. The van der Waals surface area contributed by atoms with Crippen molar-refractivity contribution in [1.29, 1.82) is 0 Å². The maximum Gasteiger partial charge on any atom is 0.251 e. The Bertz CT molecular complexity index is 1170. The largest absolute Gasteiger partial charge is 0.352 e. The van der Waals surface area contributed by atoms with Crippen molar-refractivity contribution < 1.29 is 4.79 Å². The summed E-state index contributed by atoms with van der Waals surface area (Å²) in [4.78, 5) is 21.3. The maximum absolute atomic E-state index is 12.2. The molecule has 0 atom stereocenters. The SMILES string of the molecule is Cc1ccc(-c2cnc3c(Nc4ccc(C(=O)NCCCCN)cc4)nccn23)cc1. The number of imidazole rings is 1. The molecule has 0 unspecified atom stereocenters. The smallest absolute Gasteiger partial charge is 0.251 e. The van der Waals surface area contributed by atoms with Crippen molar-refractivity contribution in [2.45, 2.75) is 19.8 Å². The van der Waals surface area contributed by atoms with Crippen molar-refractivity contribution in [1.82, 2.24) is 19.7 Å². The molecule has 2 aromatic carbocycles. The summed E-state index contributed by atoms with van der Waals surface area (Å²) in [7, 11) is 0. The normalized spacial score (nSPS) is 10.9. The van der Waals surface area contributed by atoms with Crippen molar-refractivity contribution >= 4 is 23.1 Å². The van der Waals surface area contributed by atoms with Crippen LogP contribution in [0.1, 0.15) is 28.8 Å². The van der Waals surface area contributed by atoms with E-state index >= 15 is 0 Å². The van der Waals surface area contributed by atoms with Crippen LogP contribution >= 0.6 is 0 Å². The molecule has 0 bridgehead atoms. The van der Waals surface area contributed by atoms with Crippen molar-refractivity contribution in [2.75, 3.05) is 18.4 Å². The Balaban J connectivity index is 1.50. The van der Waals surface area contributed by atoms with Gasteiger partial charge in [-0.25, -0.2) is 9.97 Å². The van der Waals surface area contributed by atoms with Crippen LogP contribution in [-0.4, -0.2) is 33.4 Å². The van der Waals surface area contributed by atoms with Gasteiger partial charge >= 0.3 is 0 Å². The van der Waals surface area contributed by atoms with Gasteiger partial charge in [0, 0.05) is 35.8 Å². The van der Waals surface area contributed by atoms with E-state index in [4.69, 9.17) is 5.73 Å². The van der Waals surface area contributed by atoms with Crippen molar-refractivity contribution in [3.63, 3.8) is 0 Å². The van der Waals surface area contributed by atoms with Gasteiger partial charge in [-0.05, 0) is 50.6 Å². The van der Waals surface area contributed by atoms with Gasteiger partial charge in [0.25, 0.3) is 5.91 Å². The molecule has 0 fully saturated rings. The molecule has 7 heteroatoms. The fourth-order valence-electron chi connectivity index (χ4n) is 3.36. The molecule has 7 nitrogen and oxygen atoms in total. The molecule has 4 N–H and O–H groups in total. The third-order valence-electron chi connectivity index (χ3n) is 5.10. The number of amides is 1. The standard InChI is InChI=1S/C24H26N6O/c1-17-4-6-18(7-5-17)21-16-28-23-22(26-14-15-30(21)23)29-20-10-8-19(9-11-20)24(31)27-13-3-2-12-25/h4-11,14-16H,2-3,12-13,25H2,1H3,(H,26,29)(H,27,31). The summed E-state index contributed by atoms with van der Waals surface area (Å²) in [5, 5.41) is 6.22. The molecule has 0 spiro atoms. The zero-order valence-electron chi connectivity index (χ0n) is 17.5. The highest BCUT2D eigenvalue weighted by atomic mass is 16.1. The lowest BCUT2D eigenvalue weighted by atomic mass is 10.1. The van der Waals surface area contributed by atoms with Crippen LogP contribution < -0.4 is 16.4 Å². The molecule has 1 amide bonds. The zero-order valence-corrected chi connectivity index (χ0v) is 17.5. The first-order valence-electron chi connectivity index (χ1n) is 10.4. The molecule has 0 radical (unpaired) electrons. The minimum Gasteiger partial charge on any atom is -0.352 e. The highest BCUT2D eigenvalue weighted by Crippen LogP contribution is 2.25. The second kappa shape index (κ2) is 9.40. The van der Waals surface area contributed by atoms with Crippen molar-refractivity contribution in [3.05, 3.63) is 78.2 Å². The van der Waals surface area contributed by atoms with Gasteiger partial charge in [-0.15, -0.1) is 0 Å². The number of unbranched alkanes of at least 4 members (excludes halogenated alkanes) is 1. The van der Waals surface area contributed by atoms with Crippen molar-refractivity contribution in [3.8, 4) is 11.3 Å². The first-order chi connectivity index (χ1) is 15.2. The summed E-state index contributed by atoms with van der Waals surface area (Å²) in [5.41, 5.74) is 11.0. The molecule has 0 aliphatic rings. The van der Waals surface area contributed by atoms with Crippen LogP contribution in [0.5, 0.6) is 0 Å². The lowest BCUT2D eigenvalue weighted by Gasteiger charge is -2.09. The summed E-state index contributed by atoms with van der Waals surface area (Å²) >= 11 is 0. The van der Waals surface area contributed by atoms with E-state index in [1.807, 2.05) is 28.9 Å². The molecular weight excluding hydrogens is 388 g/mol. The van der Waals surface area contributed by atoms with E-state index in [2.05, 4.69) is 51.8 Å². The van der Waals surface area contributed by atoms with Crippen LogP contribution in [-0.2, 0) is 0 Å². The van der Waals surface area contributed by atoms with Gasteiger partial charge in [-0.3, -0.25) is 9.20 Å². The molecule has 158 valence electrons. The Hall–Kier alpha value is -3.71. The van der Waals surface area contributed by atoms with Crippen LogP contribution in [0.3, 0.4) is 0 Å². The fraction of sp³-hybridized carbons (Fsp3) is 0.208. The predicted octanol–water partition coefficient (Wildman–Crippen LogP) is 3.92. The molecule has 4 aromatic rings. The number of hydrogen-bond acceptors (Lipinski definition) is 5. The Morgan fingerprint density at radius 3 is 2.55 bits per heavy atom. The minimum atomic E-state index is -0.0835. The molecule has 2 heterocycles. The quantitative estimate of drug-likeness (QED) is 0.380. The average Bonchev–Trinajstić information content (AvgIpc) is 3.23. The van der Waals surface area contributed by atoms with E-state index < -0.39 is 0 Å². The summed E-state index contributed by atoms with van der Waals surface area (Å²) < 4.78 is 2.02. The van der Waals surface area contributed by atoms with Crippen LogP contribution in [0.2, 0.25) is 0 Å². The third-order valence-corrected chi connectivity index (χ3v) is 5.10. The molecule has 2 aromatic heterocycles. The summed E-state index contributed by atoms with van der Waals surface area (Å²) in [6.07, 6.45) is 7.29. The van der Waals surface area contributed by atoms with E-state index in [-0.39, 0.29) is 5.91 Å². The van der Waals surface area contributed by atoms with Gasteiger partial charge in [0.05, 0.1) is 11.9 Å². The second-order valence-corrected chi connectivity index (χ2v) is 7.43. The molecule has 0 saturated heterocycles. The molecule has 0 aliphatic carbocycles. The van der Waals surface area contributed by atoms with E-state index in [9.17, 15) is 4.79 Å². The number of aryl methyl sites for hydroxylation is 1. The number of aromatic nitrogens is 3. The Morgan fingerprint density at radius 1 is 1.03 bits per heavy atom. The molecular formula is C24H26N6O. The van der Waals surface area contributed by atoms with Crippen LogP contribution in [0, 0.1) is 6.92 Å². The van der Waals surface area contributed by atoms with Gasteiger partial charge in [-0.2, -0.15) is 0 Å². The lowest BCUT2D eigenvalue weighted by molar-refractivity contribution is 0.0953. The van der Waals surface area contributed by atoms with Gasteiger partial charge in [0.2, 0.25) is 0 Å². The number of anilines is 2. The van der Waals surface area contributed by atoms with Gasteiger partial charge < -0.3 is 16.4 Å². The minimum absolute atomic E-state index is 0.0835. The molecule has 31 heavy (non-hydrogen) atoms. The van der Waals surface area contributed by atoms with Crippen LogP contribution in [0.15, 0.2) is 67.1 Å². The Kier molecular flexibility index (Phi) is 6.24. The number of benzene rings is 2. The number of carbonyl (C=O) groups is 1. The topological polar surface area (TPSA) is 97.3 Å². The molecule has 4 rings (SSSR count). The predicted molar refractivity (Wildman–Crippen MR) is 124 cm³/mol. The number of rotatable bonds is 8. The van der Waals surface area contributed by atoms with Crippen molar-refractivity contribution in [2.24, 2.45) is 5.73 Å². The number of nitrogens with one attached hydrogen (secondary N) is 2. The number of nitrogens with two attached hydrogens (primary N) is 1. The van der Waals surface area contributed by atoms with E-state index in [0.717, 1.165) is 35.4 Å².